The molecule has 2 atom stereocenters. The molecule has 1 amide bonds. The predicted octanol–water partition coefficient (Wildman–Crippen LogP) is 1.62. The smallest absolute Gasteiger partial charge is 0.244 e. The Morgan fingerprint density at radius 3 is 2.57 bits per heavy atom. The minimum atomic E-state index is -3.01. The summed E-state index contributed by atoms with van der Waals surface area (Å²) < 4.78 is 23.7. The molecule has 2 aliphatic heterocycles. The Labute approximate surface area is 128 Å². The number of benzene rings is 1. The number of sulfone groups is 1. The predicted molar refractivity (Wildman–Crippen MR) is 85.6 cm³/mol. The van der Waals surface area contributed by atoms with Gasteiger partial charge in [0.2, 0.25) is 5.91 Å². The van der Waals surface area contributed by atoms with Crippen molar-refractivity contribution in [3.05, 3.63) is 29.8 Å². The van der Waals surface area contributed by atoms with Gasteiger partial charge in [-0.3, -0.25) is 4.79 Å². The second-order valence-corrected chi connectivity index (χ2v) is 8.78. The van der Waals surface area contributed by atoms with Crippen molar-refractivity contribution in [1.29, 1.82) is 0 Å². The van der Waals surface area contributed by atoms with Crippen LogP contribution in [0.4, 0.5) is 5.69 Å². The maximum absolute atomic E-state index is 11.9. The van der Waals surface area contributed by atoms with Crippen molar-refractivity contribution in [3.63, 3.8) is 0 Å². The number of carbonyl (C=O) groups is 1. The highest BCUT2D eigenvalue weighted by Crippen LogP contribution is 2.40. The number of rotatable bonds is 1. The molecular formula is C14H16N2O3S2. The van der Waals surface area contributed by atoms with E-state index in [4.69, 9.17) is 0 Å². The molecule has 0 aromatic heterocycles. The van der Waals surface area contributed by atoms with Gasteiger partial charge in [0.15, 0.2) is 15.0 Å². The number of anilines is 1. The molecule has 0 saturated carbocycles. The molecule has 2 aliphatic rings. The SMILES string of the molecule is CC(=O)N=C1S[C@H]2CS(=O)(=O)C[C@H]2N1c1ccc(C)cc1. The van der Waals surface area contributed by atoms with Gasteiger partial charge >= 0.3 is 0 Å². The van der Waals surface area contributed by atoms with Gasteiger partial charge in [-0.2, -0.15) is 4.99 Å². The molecule has 2 saturated heterocycles. The molecule has 7 heteroatoms. The van der Waals surface area contributed by atoms with Crippen molar-refractivity contribution in [2.75, 3.05) is 16.4 Å². The van der Waals surface area contributed by atoms with E-state index >= 15 is 0 Å². The fraction of sp³-hybridized carbons (Fsp3) is 0.429. The summed E-state index contributed by atoms with van der Waals surface area (Å²) in [5.74, 6) is 0.00863. The van der Waals surface area contributed by atoms with E-state index in [0.717, 1.165) is 11.3 Å². The summed E-state index contributed by atoms with van der Waals surface area (Å²) in [5, 5.41) is 0.561. The van der Waals surface area contributed by atoms with E-state index in [-0.39, 0.29) is 28.7 Å². The molecular weight excluding hydrogens is 308 g/mol. The molecule has 3 rings (SSSR count). The van der Waals surface area contributed by atoms with Crippen molar-refractivity contribution in [2.45, 2.75) is 25.1 Å². The molecule has 2 heterocycles. The van der Waals surface area contributed by atoms with E-state index < -0.39 is 9.84 Å². The van der Waals surface area contributed by atoms with Crippen molar-refractivity contribution in [3.8, 4) is 0 Å². The number of carbonyl (C=O) groups excluding carboxylic acids is 1. The van der Waals surface area contributed by atoms with E-state index in [1.54, 1.807) is 0 Å². The fourth-order valence-corrected chi connectivity index (χ4v) is 6.66. The number of hydrogen-bond acceptors (Lipinski definition) is 4. The first-order valence-corrected chi connectivity index (χ1v) is 9.38. The summed E-state index contributed by atoms with van der Waals surface area (Å²) in [4.78, 5) is 17.3. The molecule has 0 spiro atoms. The van der Waals surface area contributed by atoms with Gasteiger partial charge in [-0.15, -0.1) is 0 Å². The molecule has 0 aliphatic carbocycles. The maximum Gasteiger partial charge on any atom is 0.244 e. The van der Waals surface area contributed by atoms with E-state index in [2.05, 4.69) is 4.99 Å². The first-order chi connectivity index (χ1) is 9.85. The van der Waals surface area contributed by atoms with Crippen LogP contribution in [0.1, 0.15) is 12.5 Å². The Balaban J connectivity index is 2.02. The van der Waals surface area contributed by atoms with Gasteiger partial charge in [0.05, 0.1) is 17.5 Å². The fourth-order valence-electron chi connectivity index (χ4n) is 2.71. The summed E-state index contributed by atoms with van der Waals surface area (Å²) in [7, 11) is -3.01. The number of nitrogens with zero attached hydrogens (tertiary/aromatic N) is 2. The van der Waals surface area contributed by atoms with Gasteiger partial charge < -0.3 is 4.90 Å². The lowest BCUT2D eigenvalue weighted by Gasteiger charge is -2.24. The number of aryl methyl sites for hydroxylation is 1. The zero-order valence-electron chi connectivity index (χ0n) is 11.8. The van der Waals surface area contributed by atoms with Gasteiger partial charge in [-0.1, -0.05) is 29.5 Å². The molecule has 1 aromatic carbocycles. The highest BCUT2D eigenvalue weighted by Gasteiger charge is 2.49. The van der Waals surface area contributed by atoms with Crippen LogP contribution in [0.3, 0.4) is 0 Å². The monoisotopic (exact) mass is 324 g/mol. The van der Waals surface area contributed by atoms with Crippen LogP contribution in [0, 0.1) is 6.92 Å². The molecule has 2 fully saturated rings. The minimum absolute atomic E-state index is 0.0468. The average molecular weight is 324 g/mol. The molecule has 0 bridgehead atoms. The molecule has 0 unspecified atom stereocenters. The van der Waals surface area contributed by atoms with Gasteiger partial charge in [-0.05, 0) is 19.1 Å². The van der Waals surface area contributed by atoms with Crippen LogP contribution in [-0.2, 0) is 14.6 Å². The van der Waals surface area contributed by atoms with Crippen LogP contribution in [0.5, 0.6) is 0 Å². The Morgan fingerprint density at radius 1 is 1.29 bits per heavy atom. The number of amidine groups is 1. The van der Waals surface area contributed by atoms with Crippen molar-refractivity contribution in [2.24, 2.45) is 4.99 Å². The molecule has 5 nitrogen and oxygen atoms in total. The first kappa shape index (κ1) is 14.6. The van der Waals surface area contributed by atoms with Crippen LogP contribution < -0.4 is 4.90 Å². The van der Waals surface area contributed by atoms with Gasteiger partial charge in [0.25, 0.3) is 0 Å². The van der Waals surface area contributed by atoms with E-state index in [1.807, 2.05) is 36.1 Å². The minimum Gasteiger partial charge on any atom is -0.316 e. The average Bonchev–Trinajstić information content (AvgIpc) is 2.81. The van der Waals surface area contributed by atoms with E-state index in [0.29, 0.717) is 5.17 Å². The van der Waals surface area contributed by atoms with Crippen LogP contribution in [0.25, 0.3) is 0 Å². The van der Waals surface area contributed by atoms with Gasteiger partial charge in [0, 0.05) is 17.9 Å². The van der Waals surface area contributed by atoms with Crippen molar-refractivity contribution >= 4 is 38.4 Å². The third kappa shape index (κ3) is 2.85. The van der Waals surface area contributed by atoms with Crippen LogP contribution in [-0.4, -0.2) is 42.3 Å². The Morgan fingerprint density at radius 2 is 1.95 bits per heavy atom. The number of thioether (sulfide) groups is 1. The standard InChI is InChI=1S/C14H16N2O3S2/c1-9-3-5-11(6-4-9)16-12-7-21(18,19)8-13(12)20-14(16)15-10(2)17/h3-6,12-13H,7-8H2,1-2H3/t12-,13+/m1/s1. The number of hydrogen-bond donors (Lipinski definition) is 0. The third-order valence-corrected chi connectivity index (χ3v) is 6.84. The summed E-state index contributed by atoms with van der Waals surface area (Å²) in [6.45, 7) is 3.40. The summed E-state index contributed by atoms with van der Waals surface area (Å²) in [5.41, 5.74) is 2.02. The summed E-state index contributed by atoms with van der Waals surface area (Å²) >= 11 is 1.39. The highest BCUT2D eigenvalue weighted by atomic mass is 32.2. The lowest BCUT2D eigenvalue weighted by atomic mass is 10.1. The van der Waals surface area contributed by atoms with Crippen molar-refractivity contribution < 1.29 is 13.2 Å². The number of fused-ring (bicyclic) bond motifs is 1. The molecule has 0 radical (unpaired) electrons. The maximum atomic E-state index is 11.9. The van der Waals surface area contributed by atoms with Crippen molar-refractivity contribution in [1.82, 2.24) is 0 Å². The lowest BCUT2D eigenvalue weighted by molar-refractivity contribution is -0.115. The molecule has 21 heavy (non-hydrogen) atoms. The molecule has 0 N–H and O–H groups in total. The van der Waals surface area contributed by atoms with Crippen LogP contribution >= 0.6 is 11.8 Å². The lowest BCUT2D eigenvalue weighted by Crippen LogP contribution is -2.37. The zero-order valence-corrected chi connectivity index (χ0v) is 13.4. The Kier molecular flexibility index (Phi) is 3.57. The first-order valence-electron chi connectivity index (χ1n) is 6.68. The van der Waals surface area contributed by atoms with Crippen LogP contribution in [0.15, 0.2) is 29.3 Å². The topological polar surface area (TPSA) is 66.8 Å². The molecule has 1 aromatic rings. The number of amides is 1. The highest BCUT2D eigenvalue weighted by molar-refractivity contribution is 8.16. The summed E-state index contributed by atoms with van der Waals surface area (Å²) in [6, 6.07) is 7.70. The van der Waals surface area contributed by atoms with Crippen LogP contribution in [0.2, 0.25) is 0 Å². The second kappa shape index (κ2) is 5.14. The van der Waals surface area contributed by atoms with Gasteiger partial charge in [0.1, 0.15) is 0 Å². The van der Waals surface area contributed by atoms with E-state index in [9.17, 15) is 13.2 Å². The van der Waals surface area contributed by atoms with Gasteiger partial charge in [-0.25, -0.2) is 8.42 Å². The Bertz CT molecular complexity index is 710. The van der Waals surface area contributed by atoms with E-state index in [1.165, 1.54) is 18.7 Å². The normalized spacial score (nSPS) is 28.9. The second-order valence-electron chi connectivity index (χ2n) is 5.42. The zero-order chi connectivity index (χ0) is 15.2. The molecule has 112 valence electrons. The Hall–Kier alpha value is -1.34. The summed E-state index contributed by atoms with van der Waals surface area (Å²) in [6.07, 6.45) is 0. The third-order valence-electron chi connectivity index (χ3n) is 3.63. The quantitative estimate of drug-likeness (QED) is 0.785. The largest absolute Gasteiger partial charge is 0.316 e. The number of aliphatic imine (C=N–C) groups is 1.